The number of hydrogen-bond acceptors (Lipinski definition) is 3. The summed E-state index contributed by atoms with van der Waals surface area (Å²) in [5.74, 6) is 0.660. The van der Waals surface area contributed by atoms with Gasteiger partial charge in [-0.3, -0.25) is 10.1 Å². The van der Waals surface area contributed by atoms with Crippen LogP contribution in [0.15, 0.2) is 36.7 Å². The molecule has 5 heteroatoms. The van der Waals surface area contributed by atoms with Crippen LogP contribution < -0.4 is 5.32 Å². The second-order valence-corrected chi connectivity index (χ2v) is 6.78. The van der Waals surface area contributed by atoms with Crippen LogP contribution in [0.25, 0.3) is 22.2 Å². The van der Waals surface area contributed by atoms with Gasteiger partial charge in [0.1, 0.15) is 0 Å². The van der Waals surface area contributed by atoms with Crippen molar-refractivity contribution < 1.29 is 0 Å². The number of rotatable bonds is 6. The first-order valence-electron chi connectivity index (χ1n) is 8.93. The number of H-pyrrole nitrogens is 1. The fourth-order valence-corrected chi connectivity index (χ4v) is 3.37. The van der Waals surface area contributed by atoms with Crippen LogP contribution in [0.5, 0.6) is 0 Å². The second-order valence-electron chi connectivity index (χ2n) is 6.78. The normalized spacial score (nSPS) is 15.1. The molecule has 1 saturated carbocycles. The summed E-state index contributed by atoms with van der Waals surface area (Å²) in [4.78, 5) is 4.77. The smallest absolute Gasteiger partial charge is 0.0705 e. The fraction of sp³-hybridized carbons (Fsp3) is 0.400. The van der Waals surface area contributed by atoms with Gasteiger partial charge in [0.15, 0.2) is 0 Å². The van der Waals surface area contributed by atoms with Crippen molar-refractivity contribution in [2.45, 2.75) is 45.1 Å². The maximum Gasteiger partial charge on any atom is 0.0705 e. The van der Waals surface area contributed by atoms with Gasteiger partial charge in [-0.2, -0.15) is 5.10 Å². The minimum absolute atomic E-state index is 0. The number of halogens is 1. The van der Waals surface area contributed by atoms with E-state index in [0.717, 1.165) is 24.2 Å². The Labute approximate surface area is 154 Å². The van der Waals surface area contributed by atoms with Crippen molar-refractivity contribution in [1.82, 2.24) is 20.5 Å². The van der Waals surface area contributed by atoms with Crippen LogP contribution in [0.1, 0.15) is 56.2 Å². The number of pyridine rings is 1. The predicted molar refractivity (Wildman–Crippen MR) is 105 cm³/mol. The van der Waals surface area contributed by atoms with Crippen molar-refractivity contribution in [2.24, 2.45) is 0 Å². The Balaban J connectivity index is 0.00000182. The third-order valence-electron chi connectivity index (χ3n) is 4.91. The van der Waals surface area contributed by atoms with Crippen LogP contribution in [0.4, 0.5) is 0 Å². The lowest BCUT2D eigenvalue weighted by Crippen LogP contribution is -2.19. The molecular formula is C20H25ClN4. The molecule has 132 valence electrons. The van der Waals surface area contributed by atoms with Crippen molar-refractivity contribution >= 4 is 23.3 Å². The standard InChI is InChI=1S/C20H24N4.ClH/c1-3-10-21-13(2)15-6-8-18(22-11-15)16-7-9-19-17(12-23-24-19)20(16)14-4-5-14;/h6-9,11-14,21H,3-5,10H2,1-2H3,(H,23,24);1H. The van der Waals surface area contributed by atoms with E-state index in [4.69, 9.17) is 4.98 Å². The SMILES string of the molecule is CCCNC(C)c1ccc(-c2ccc3[nH]ncc3c2C2CC2)nc1.Cl. The first-order valence-corrected chi connectivity index (χ1v) is 8.93. The topological polar surface area (TPSA) is 53.6 Å². The maximum atomic E-state index is 4.77. The van der Waals surface area contributed by atoms with E-state index in [2.05, 4.69) is 53.6 Å². The van der Waals surface area contributed by atoms with Gasteiger partial charge >= 0.3 is 0 Å². The summed E-state index contributed by atoms with van der Waals surface area (Å²) in [6.07, 6.45) is 7.66. The zero-order chi connectivity index (χ0) is 16.5. The largest absolute Gasteiger partial charge is 0.310 e. The molecule has 2 heterocycles. The Morgan fingerprint density at radius 1 is 1.20 bits per heavy atom. The maximum absolute atomic E-state index is 4.77. The summed E-state index contributed by atoms with van der Waals surface area (Å²) in [6, 6.07) is 9.00. The van der Waals surface area contributed by atoms with Crippen LogP contribution in [0.3, 0.4) is 0 Å². The second kappa shape index (κ2) is 7.54. The molecule has 25 heavy (non-hydrogen) atoms. The average molecular weight is 357 g/mol. The molecule has 0 aliphatic heterocycles. The molecule has 2 aromatic heterocycles. The highest BCUT2D eigenvalue weighted by atomic mass is 35.5. The Hall–Kier alpha value is -1.91. The van der Waals surface area contributed by atoms with Crippen LogP contribution in [0.2, 0.25) is 0 Å². The van der Waals surface area contributed by atoms with Gasteiger partial charge in [-0.05, 0) is 61.9 Å². The molecule has 1 aliphatic rings. The number of nitrogens with one attached hydrogen (secondary N) is 2. The highest BCUT2D eigenvalue weighted by molar-refractivity contribution is 5.89. The van der Waals surface area contributed by atoms with Gasteiger partial charge in [0.2, 0.25) is 0 Å². The van der Waals surface area contributed by atoms with Gasteiger partial charge in [0, 0.05) is 23.2 Å². The van der Waals surface area contributed by atoms with Gasteiger partial charge in [-0.25, -0.2) is 0 Å². The minimum Gasteiger partial charge on any atom is -0.310 e. The molecule has 1 aromatic carbocycles. The lowest BCUT2D eigenvalue weighted by atomic mass is 9.96. The van der Waals surface area contributed by atoms with Crippen LogP contribution in [-0.2, 0) is 0 Å². The zero-order valence-corrected chi connectivity index (χ0v) is 15.6. The molecule has 0 radical (unpaired) electrons. The predicted octanol–water partition coefficient (Wildman–Crippen LogP) is 4.98. The Morgan fingerprint density at radius 3 is 2.72 bits per heavy atom. The third kappa shape index (κ3) is 3.55. The van der Waals surface area contributed by atoms with E-state index in [1.54, 1.807) is 0 Å². The van der Waals surface area contributed by atoms with Crippen molar-refractivity contribution in [3.63, 3.8) is 0 Å². The number of nitrogens with zero attached hydrogens (tertiary/aromatic N) is 2. The van der Waals surface area contributed by atoms with Gasteiger partial charge in [0.25, 0.3) is 0 Å². The zero-order valence-electron chi connectivity index (χ0n) is 14.7. The summed E-state index contributed by atoms with van der Waals surface area (Å²) >= 11 is 0. The Bertz CT molecular complexity index is 837. The quantitative estimate of drug-likeness (QED) is 0.654. The molecule has 0 spiro atoms. The average Bonchev–Trinajstić information content (AvgIpc) is 3.35. The van der Waals surface area contributed by atoms with Gasteiger partial charge < -0.3 is 5.32 Å². The molecule has 1 atom stereocenters. The minimum atomic E-state index is 0. The summed E-state index contributed by atoms with van der Waals surface area (Å²) in [5.41, 5.74) is 6.09. The van der Waals surface area contributed by atoms with Gasteiger partial charge in [-0.15, -0.1) is 12.4 Å². The van der Waals surface area contributed by atoms with Gasteiger partial charge in [-0.1, -0.05) is 19.1 Å². The molecule has 0 saturated heterocycles. The number of fused-ring (bicyclic) bond motifs is 1. The van der Waals surface area contributed by atoms with E-state index in [9.17, 15) is 0 Å². The lowest BCUT2D eigenvalue weighted by Gasteiger charge is -2.14. The van der Waals surface area contributed by atoms with E-state index in [-0.39, 0.29) is 12.4 Å². The van der Waals surface area contributed by atoms with E-state index in [1.165, 1.54) is 34.9 Å². The molecule has 3 aromatic rings. The highest BCUT2D eigenvalue weighted by Gasteiger charge is 2.29. The molecule has 0 amide bonds. The lowest BCUT2D eigenvalue weighted by molar-refractivity contribution is 0.569. The summed E-state index contributed by atoms with van der Waals surface area (Å²) < 4.78 is 0. The molecule has 4 nitrogen and oxygen atoms in total. The number of aromatic nitrogens is 3. The number of hydrogen-bond donors (Lipinski definition) is 2. The summed E-state index contributed by atoms with van der Waals surface area (Å²) in [6.45, 7) is 5.41. The van der Waals surface area contributed by atoms with Crippen LogP contribution in [-0.4, -0.2) is 21.7 Å². The van der Waals surface area contributed by atoms with E-state index in [0.29, 0.717) is 12.0 Å². The highest BCUT2D eigenvalue weighted by Crippen LogP contribution is 2.47. The van der Waals surface area contributed by atoms with Crippen molar-refractivity contribution in [1.29, 1.82) is 0 Å². The molecular weight excluding hydrogens is 332 g/mol. The fourth-order valence-electron chi connectivity index (χ4n) is 3.37. The Morgan fingerprint density at radius 2 is 2.04 bits per heavy atom. The van der Waals surface area contributed by atoms with Crippen molar-refractivity contribution in [3.8, 4) is 11.3 Å². The number of aromatic amines is 1. The van der Waals surface area contributed by atoms with E-state index < -0.39 is 0 Å². The first kappa shape index (κ1) is 17.9. The van der Waals surface area contributed by atoms with Crippen LogP contribution >= 0.6 is 12.4 Å². The third-order valence-corrected chi connectivity index (χ3v) is 4.91. The summed E-state index contributed by atoms with van der Waals surface area (Å²) in [5, 5.41) is 12.1. The monoisotopic (exact) mass is 356 g/mol. The van der Waals surface area contributed by atoms with Crippen molar-refractivity contribution in [3.05, 3.63) is 47.8 Å². The molecule has 1 aliphatic carbocycles. The van der Waals surface area contributed by atoms with E-state index in [1.807, 2.05) is 12.4 Å². The molecule has 1 unspecified atom stereocenters. The van der Waals surface area contributed by atoms with Gasteiger partial charge in [0.05, 0.1) is 17.4 Å². The van der Waals surface area contributed by atoms with Crippen molar-refractivity contribution in [2.75, 3.05) is 6.54 Å². The van der Waals surface area contributed by atoms with Crippen LogP contribution in [0, 0.1) is 0 Å². The molecule has 4 rings (SSSR count). The molecule has 0 bridgehead atoms. The molecule has 2 N–H and O–H groups in total. The summed E-state index contributed by atoms with van der Waals surface area (Å²) in [7, 11) is 0. The molecule has 1 fully saturated rings. The first-order chi connectivity index (χ1) is 11.8. The Kier molecular flexibility index (Phi) is 5.40. The number of benzene rings is 1. The van der Waals surface area contributed by atoms with E-state index >= 15 is 0 Å².